The van der Waals surface area contributed by atoms with E-state index < -0.39 is 5.60 Å². The van der Waals surface area contributed by atoms with E-state index in [-0.39, 0.29) is 30.7 Å². The second kappa shape index (κ2) is 7.27. The summed E-state index contributed by atoms with van der Waals surface area (Å²) >= 11 is 0. The number of nitrogens with zero attached hydrogens (tertiary/aromatic N) is 1. The van der Waals surface area contributed by atoms with Crippen LogP contribution in [0.5, 0.6) is 0 Å². The van der Waals surface area contributed by atoms with Gasteiger partial charge in [0.05, 0.1) is 0 Å². The molecule has 0 bridgehead atoms. The lowest BCUT2D eigenvalue weighted by Gasteiger charge is -2.36. The Morgan fingerprint density at radius 1 is 1.45 bits per heavy atom. The number of hydrogen-bond acceptors (Lipinski definition) is 4. The molecular weight excluding hydrogens is 256 g/mol. The predicted molar refractivity (Wildman–Crippen MR) is 79.7 cm³/mol. The van der Waals surface area contributed by atoms with Gasteiger partial charge in [0.2, 0.25) is 0 Å². The van der Waals surface area contributed by atoms with E-state index in [1.54, 1.807) is 4.90 Å². The Hall–Kier alpha value is -0.810. The zero-order valence-corrected chi connectivity index (χ0v) is 13.5. The van der Waals surface area contributed by atoms with Crippen LogP contribution in [0.2, 0.25) is 0 Å². The minimum atomic E-state index is -0.448. The summed E-state index contributed by atoms with van der Waals surface area (Å²) in [4.78, 5) is 13.9. The van der Waals surface area contributed by atoms with Gasteiger partial charge in [0.25, 0.3) is 0 Å². The number of piperidine rings is 1. The van der Waals surface area contributed by atoms with Crippen molar-refractivity contribution in [3.63, 3.8) is 0 Å². The van der Waals surface area contributed by atoms with Crippen LogP contribution in [-0.4, -0.2) is 53.5 Å². The topological polar surface area (TPSA) is 61.8 Å². The lowest BCUT2D eigenvalue weighted by molar-refractivity contribution is 0.0179. The zero-order chi connectivity index (χ0) is 15.3. The van der Waals surface area contributed by atoms with Gasteiger partial charge in [-0.3, -0.25) is 0 Å². The fourth-order valence-corrected chi connectivity index (χ4v) is 2.30. The van der Waals surface area contributed by atoms with Crippen molar-refractivity contribution < 1.29 is 14.6 Å². The minimum Gasteiger partial charge on any atom is -0.444 e. The number of aliphatic hydroxyl groups excluding tert-OH is 1. The molecular formula is C15H30N2O3. The highest BCUT2D eigenvalue weighted by Crippen LogP contribution is 2.16. The third-order valence-corrected chi connectivity index (χ3v) is 3.71. The molecule has 5 nitrogen and oxygen atoms in total. The van der Waals surface area contributed by atoms with Crippen molar-refractivity contribution in [1.82, 2.24) is 10.2 Å². The molecule has 1 aliphatic heterocycles. The smallest absolute Gasteiger partial charge is 0.410 e. The van der Waals surface area contributed by atoms with Crippen molar-refractivity contribution in [3.05, 3.63) is 0 Å². The fraction of sp³-hybridized carbons (Fsp3) is 0.933. The lowest BCUT2D eigenvalue weighted by Crippen LogP contribution is -2.52. The monoisotopic (exact) mass is 286 g/mol. The van der Waals surface area contributed by atoms with Gasteiger partial charge in [0, 0.05) is 31.8 Å². The zero-order valence-electron chi connectivity index (χ0n) is 13.5. The number of hydrogen-bond donors (Lipinski definition) is 2. The van der Waals surface area contributed by atoms with E-state index in [4.69, 9.17) is 4.74 Å². The Morgan fingerprint density at radius 3 is 2.65 bits per heavy atom. The maximum absolute atomic E-state index is 12.1. The first-order valence-corrected chi connectivity index (χ1v) is 7.57. The largest absolute Gasteiger partial charge is 0.444 e. The first kappa shape index (κ1) is 17.2. The highest BCUT2D eigenvalue weighted by molar-refractivity contribution is 5.68. The molecule has 1 amide bonds. The summed E-state index contributed by atoms with van der Waals surface area (Å²) in [7, 11) is 0. The molecule has 1 fully saturated rings. The second-order valence-electron chi connectivity index (χ2n) is 6.88. The molecule has 0 radical (unpaired) electrons. The molecule has 3 unspecified atom stereocenters. The van der Waals surface area contributed by atoms with Crippen LogP contribution in [0.3, 0.4) is 0 Å². The molecule has 1 saturated heterocycles. The third-order valence-electron chi connectivity index (χ3n) is 3.71. The van der Waals surface area contributed by atoms with Crippen LogP contribution in [0, 0.1) is 5.92 Å². The van der Waals surface area contributed by atoms with Gasteiger partial charge in [-0.15, -0.1) is 0 Å². The van der Waals surface area contributed by atoms with E-state index >= 15 is 0 Å². The van der Waals surface area contributed by atoms with Gasteiger partial charge in [0.1, 0.15) is 5.60 Å². The summed E-state index contributed by atoms with van der Waals surface area (Å²) in [6.07, 6.45) is 1.81. The van der Waals surface area contributed by atoms with Crippen LogP contribution in [0.4, 0.5) is 4.79 Å². The van der Waals surface area contributed by atoms with Gasteiger partial charge >= 0.3 is 6.09 Å². The standard InChI is InChI=1S/C15H30N2O3/c1-11(10-18)12(2)16-13-7-6-8-17(9-13)14(19)20-15(3,4)5/h11-13,16,18H,6-10H2,1-5H3. The molecule has 118 valence electrons. The van der Waals surface area contributed by atoms with Gasteiger partial charge in [-0.2, -0.15) is 0 Å². The number of nitrogens with one attached hydrogen (secondary N) is 1. The van der Waals surface area contributed by atoms with Crippen LogP contribution in [0.25, 0.3) is 0 Å². The van der Waals surface area contributed by atoms with Gasteiger partial charge in [0.15, 0.2) is 0 Å². The molecule has 0 saturated carbocycles. The molecule has 2 N–H and O–H groups in total. The van der Waals surface area contributed by atoms with Crippen molar-refractivity contribution in [3.8, 4) is 0 Å². The number of carbonyl (C=O) groups excluding carboxylic acids is 1. The summed E-state index contributed by atoms with van der Waals surface area (Å²) in [5.41, 5.74) is -0.448. The summed E-state index contributed by atoms with van der Waals surface area (Å²) in [5.74, 6) is 0.215. The molecule has 1 rings (SSSR count). The summed E-state index contributed by atoms with van der Waals surface area (Å²) in [6.45, 7) is 11.4. The molecule has 0 aliphatic carbocycles. The summed E-state index contributed by atoms with van der Waals surface area (Å²) in [5, 5.41) is 12.7. The molecule has 1 aliphatic rings. The van der Waals surface area contributed by atoms with Gasteiger partial charge in [-0.05, 0) is 46.5 Å². The first-order chi connectivity index (χ1) is 9.23. The van der Waals surface area contributed by atoms with Gasteiger partial charge in [-0.1, -0.05) is 6.92 Å². The number of rotatable bonds is 4. The van der Waals surface area contributed by atoms with Crippen LogP contribution < -0.4 is 5.32 Å². The van der Waals surface area contributed by atoms with E-state index in [0.717, 1.165) is 19.4 Å². The first-order valence-electron chi connectivity index (χ1n) is 7.57. The van der Waals surface area contributed by atoms with Crippen LogP contribution in [-0.2, 0) is 4.74 Å². The van der Waals surface area contributed by atoms with Crippen molar-refractivity contribution >= 4 is 6.09 Å². The van der Waals surface area contributed by atoms with Crippen molar-refractivity contribution in [2.75, 3.05) is 19.7 Å². The van der Waals surface area contributed by atoms with Gasteiger partial charge in [-0.25, -0.2) is 4.79 Å². The predicted octanol–water partition coefficient (Wildman–Crippen LogP) is 1.99. The van der Waals surface area contributed by atoms with E-state index in [1.807, 2.05) is 27.7 Å². The highest BCUT2D eigenvalue weighted by Gasteiger charge is 2.28. The minimum absolute atomic E-state index is 0.177. The number of likely N-dealkylation sites (tertiary alicyclic amines) is 1. The number of amides is 1. The van der Waals surface area contributed by atoms with Crippen LogP contribution in [0.1, 0.15) is 47.5 Å². The van der Waals surface area contributed by atoms with Crippen molar-refractivity contribution in [2.45, 2.75) is 65.1 Å². The Labute approximate surface area is 122 Å². The lowest BCUT2D eigenvalue weighted by atomic mass is 10.0. The van der Waals surface area contributed by atoms with Crippen molar-refractivity contribution in [2.24, 2.45) is 5.92 Å². The molecule has 0 aromatic carbocycles. The third kappa shape index (κ3) is 5.67. The molecule has 1 heterocycles. The Morgan fingerprint density at radius 2 is 2.10 bits per heavy atom. The molecule has 5 heteroatoms. The molecule has 0 aromatic rings. The number of aliphatic hydroxyl groups is 1. The van der Waals surface area contributed by atoms with Crippen LogP contribution in [0.15, 0.2) is 0 Å². The number of ether oxygens (including phenoxy) is 1. The molecule has 3 atom stereocenters. The normalized spacial score (nSPS) is 23.3. The van der Waals surface area contributed by atoms with E-state index in [0.29, 0.717) is 6.54 Å². The summed E-state index contributed by atoms with van der Waals surface area (Å²) in [6, 6.07) is 0.517. The Balaban J connectivity index is 2.48. The average molecular weight is 286 g/mol. The van der Waals surface area contributed by atoms with Crippen molar-refractivity contribution in [1.29, 1.82) is 0 Å². The maximum Gasteiger partial charge on any atom is 0.410 e. The number of carbonyl (C=O) groups is 1. The van der Waals surface area contributed by atoms with E-state index in [1.165, 1.54) is 0 Å². The Bertz CT molecular complexity index is 315. The molecule has 0 aromatic heterocycles. The second-order valence-corrected chi connectivity index (χ2v) is 6.88. The molecule has 20 heavy (non-hydrogen) atoms. The van der Waals surface area contributed by atoms with E-state index in [2.05, 4.69) is 12.2 Å². The van der Waals surface area contributed by atoms with Crippen LogP contribution >= 0.6 is 0 Å². The Kier molecular flexibility index (Phi) is 6.27. The van der Waals surface area contributed by atoms with Gasteiger partial charge < -0.3 is 20.1 Å². The maximum atomic E-state index is 12.1. The highest BCUT2D eigenvalue weighted by atomic mass is 16.6. The SMILES string of the molecule is CC(CO)C(C)NC1CCCN(C(=O)OC(C)(C)C)C1. The molecule has 0 spiro atoms. The van der Waals surface area contributed by atoms with E-state index in [9.17, 15) is 9.90 Å². The summed E-state index contributed by atoms with van der Waals surface area (Å²) < 4.78 is 5.42. The average Bonchev–Trinajstić information content (AvgIpc) is 2.36. The quantitative estimate of drug-likeness (QED) is 0.829. The fourth-order valence-electron chi connectivity index (χ4n) is 2.30.